The van der Waals surface area contributed by atoms with Crippen LogP contribution in [-0.4, -0.2) is 29.0 Å². The molecule has 0 atom stereocenters. The molecule has 0 aromatic rings. The molecule has 0 bridgehead atoms. The number of hydrogen-bond donors (Lipinski definition) is 0. The van der Waals surface area contributed by atoms with E-state index in [1.807, 2.05) is 13.8 Å². The van der Waals surface area contributed by atoms with Crippen LogP contribution in [0.25, 0.3) is 0 Å². The van der Waals surface area contributed by atoms with Crippen LogP contribution < -0.4 is 0 Å². The molecule has 5 heteroatoms. The Morgan fingerprint density at radius 1 is 1.28 bits per heavy atom. The molecule has 0 saturated carbocycles. The fourth-order valence-corrected chi connectivity index (χ4v) is 2.24. The molecule has 0 N–H and O–H groups in total. The topological polar surface area (TPSA) is 26.3 Å². The number of ether oxygens (including phenoxy) is 1. The first kappa shape index (κ1) is 17.7. The summed E-state index contributed by atoms with van der Waals surface area (Å²) in [5.74, 6) is -2.10. The second-order valence-corrected chi connectivity index (χ2v) is 6.74. The summed E-state index contributed by atoms with van der Waals surface area (Å²) in [6.07, 6.45) is 0.677. The molecule has 2 nitrogen and oxygen atoms in total. The summed E-state index contributed by atoms with van der Waals surface area (Å²) >= 11 is 1.57. The number of halogens is 2. The Morgan fingerprint density at radius 2 is 1.89 bits per heavy atom. The summed E-state index contributed by atoms with van der Waals surface area (Å²) in [6.45, 7) is 7.49. The quantitative estimate of drug-likeness (QED) is 0.466. The zero-order valence-electron chi connectivity index (χ0n) is 11.7. The van der Waals surface area contributed by atoms with Crippen molar-refractivity contribution in [1.29, 1.82) is 0 Å². The monoisotopic (exact) mass is 282 g/mol. The van der Waals surface area contributed by atoms with Gasteiger partial charge in [-0.25, -0.2) is 8.78 Å². The van der Waals surface area contributed by atoms with Gasteiger partial charge in [-0.1, -0.05) is 13.8 Å². The standard InChI is InChI=1S/C13H24F2O2S/c1-5-11(16)17-10-12(3,4)18-9-7-8-13(14,15)6-2/h5-10H2,1-4H3. The lowest BCUT2D eigenvalue weighted by Crippen LogP contribution is -2.25. The van der Waals surface area contributed by atoms with E-state index in [1.165, 1.54) is 6.92 Å². The van der Waals surface area contributed by atoms with E-state index in [0.717, 1.165) is 0 Å². The molecular formula is C13H24F2O2S. The van der Waals surface area contributed by atoms with E-state index in [1.54, 1.807) is 18.7 Å². The van der Waals surface area contributed by atoms with Gasteiger partial charge in [0.2, 0.25) is 5.92 Å². The molecule has 0 amide bonds. The number of rotatable bonds is 9. The third kappa shape index (κ3) is 8.72. The van der Waals surface area contributed by atoms with Gasteiger partial charge in [0, 0.05) is 24.0 Å². The van der Waals surface area contributed by atoms with Crippen molar-refractivity contribution in [3.05, 3.63) is 0 Å². The Morgan fingerprint density at radius 3 is 2.39 bits per heavy atom. The van der Waals surface area contributed by atoms with E-state index in [2.05, 4.69) is 0 Å². The van der Waals surface area contributed by atoms with Crippen molar-refractivity contribution >= 4 is 17.7 Å². The van der Waals surface area contributed by atoms with Crippen molar-refractivity contribution in [2.24, 2.45) is 0 Å². The van der Waals surface area contributed by atoms with Gasteiger partial charge in [-0.15, -0.1) is 0 Å². The van der Waals surface area contributed by atoms with Gasteiger partial charge >= 0.3 is 5.97 Å². The molecule has 18 heavy (non-hydrogen) atoms. The third-order valence-corrected chi connectivity index (χ3v) is 3.96. The maximum absolute atomic E-state index is 13.0. The molecule has 0 spiro atoms. The summed E-state index contributed by atoms with van der Waals surface area (Å²) in [4.78, 5) is 11.0. The van der Waals surface area contributed by atoms with E-state index in [9.17, 15) is 13.6 Å². The Bertz CT molecular complexity index is 255. The Balaban J connectivity index is 3.80. The van der Waals surface area contributed by atoms with E-state index >= 15 is 0 Å². The first-order valence-corrected chi connectivity index (χ1v) is 7.38. The molecule has 0 heterocycles. The normalized spacial score (nSPS) is 12.6. The van der Waals surface area contributed by atoms with Crippen molar-refractivity contribution in [3.8, 4) is 0 Å². The van der Waals surface area contributed by atoms with Gasteiger partial charge in [0.25, 0.3) is 0 Å². The van der Waals surface area contributed by atoms with Crippen LogP contribution in [0.5, 0.6) is 0 Å². The molecule has 0 aliphatic carbocycles. The summed E-state index contributed by atoms with van der Waals surface area (Å²) in [5, 5.41) is 0. The summed E-state index contributed by atoms with van der Waals surface area (Å²) < 4.78 is 30.8. The maximum atomic E-state index is 13.0. The lowest BCUT2D eigenvalue weighted by molar-refractivity contribution is -0.143. The second kappa shape index (κ2) is 7.97. The van der Waals surface area contributed by atoms with Crippen molar-refractivity contribution in [2.45, 2.75) is 64.0 Å². The lowest BCUT2D eigenvalue weighted by Gasteiger charge is -2.24. The van der Waals surface area contributed by atoms with Gasteiger partial charge < -0.3 is 4.74 Å². The highest BCUT2D eigenvalue weighted by molar-refractivity contribution is 8.00. The van der Waals surface area contributed by atoms with Gasteiger partial charge in [0.05, 0.1) is 0 Å². The van der Waals surface area contributed by atoms with Crippen LogP contribution in [0.15, 0.2) is 0 Å². The lowest BCUT2D eigenvalue weighted by atomic mass is 10.1. The molecule has 0 aliphatic heterocycles. The number of hydrogen-bond acceptors (Lipinski definition) is 3. The van der Waals surface area contributed by atoms with Gasteiger partial charge in [-0.05, 0) is 26.0 Å². The number of carbonyl (C=O) groups is 1. The van der Waals surface area contributed by atoms with Crippen molar-refractivity contribution in [2.75, 3.05) is 12.4 Å². The molecule has 0 radical (unpaired) electrons. The van der Waals surface area contributed by atoms with Crippen LogP contribution in [0, 0.1) is 0 Å². The SMILES string of the molecule is CCC(=O)OCC(C)(C)SCCCC(F)(F)CC. The molecule has 0 aliphatic rings. The summed E-state index contributed by atoms with van der Waals surface area (Å²) in [7, 11) is 0. The van der Waals surface area contributed by atoms with Crippen molar-refractivity contribution < 1.29 is 18.3 Å². The van der Waals surface area contributed by atoms with Gasteiger partial charge in [-0.2, -0.15) is 11.8 Å². The fraction of sp³-hybridized carbons (Fsp3) is 0.923. The molecule has 0 aromatic carbocycles. The number of thioether (sulfide) groups is 1. The molecule has 0 saturated heterocycles. The molecule has 108 valence electrons. The van der Waals surface area contributed by atoms with E-state index in [-0.39, 0.29) is 23.6 Å². The number of carbonyl (C=O) groups excluding carboxylic acids is 1. The van der Waals surface area contributed by atoms with Crippen LogP contribution in [0.2, 0.25) is 0 Å². The Kier molecular flexibility index (Phi) is 7.83. The first-order valence-electron chi connectivity index (χ1n) is 6.40. The molecular weight excluding hydrogens is 258 g/mol. The molecule has 0 rings (SSSR count). The van der Waals surface area contributed by atoms with Crippen LogP contribution in [0.3, 0.4) is 0 Å². The second-order valence-electron chi connectivity index (χ2n) is 4.94. The maximum Gasteiger partial charge on any atom is 0.305 e. The Labute approximate surface area is 113 Å². The van der Waals surface area contributed by atoms with Crippen LogP contribution in [-0.2, 0) is 9.53 Å². The van der Waals surface area contributed by atoms with Gasteiger partial charge in [-0.3, -0.25) is 4.79 Å². The highest BCUT2D eigenvalue weighted by Crippen LogP contribution is 2.29. The summed E-state index contributed by atoms with van der Waals surface area (Å²) in [6, 6.07) is 0. The zero-order chi connectivity index (χ0) is 14.2. The predicted molar refractivity (Wildman–Crippen MR) is 72.3 cm³/mol. The number of esters is 1. The van der Waals surface area contributed by atoms with Crippen LogP contribution in [0.1, 0.15) is 53.4 Å². The number of alkyl halides is 2. The molecule has 0 aromatic heterocycles. The van der Waals surface area contributed by atoms with Crippen molar-refractivity contribution in [3.63, 3.8) is 0 Å². The summed E-state index contributed by atoms with van der Waals surface area (Å²) in [5.41, 5.74) is 0. The average molecular weight is 282 g/mol. The molecule has 0 unspecified atom stereocenters. The minimum absolute atomic E-state index is 0.0681. The largest absolute Gasteiger partial charge is 0.464 e. The fourth-order valence-electron chi connectivity index (χ4n) is 1.25. The van der Waals surface area contributed by atoms with Crippen LogP contribution in [0.4, 0.5) is 8.78 Å². The molecule has 0 fully saturated rings. The Hall–Kier alpha value is -0.320. The smallest absolute Gasteiger partial charge is 0.305 e. The van der Waals surface area contributed by atoms with E-state index in [0.29, 0.717) is 25.2 Å². The highest BCUT2D eigenvalue weighted by Gasteiger charge is 2.26. The highest BCUT2D eigenvalue weighted by atomic mass is 32.2. The van der Waals surface area contributed by atoms with E-state index < -0.39 is 5.92 Å². The van der Waals surface area contributed by atoms with E-state index in [4.69, 9.17) is 4.74 Å². The van der Waals surface area contributed by atoms with Gasteiger partial charge in [0.15, 0.2) is 0 Å². The minimum Gasteiger partial charge on any atom is -0.464 e. The third-order valence-electron chi connectivity index (χ3n) is 2.57. The predicted octanol–water partition coefficient (Wildman–Crippen LogP) is 4.28. The first-order chi connectivity index (χ1) is 8.22. The van der Waals surface area contributed by atoms with Gasteiger partial charge in [0.1, 0.15) is 6.61 Å². The minimum atomic E-state index is -2.54. The van der Waals surface area contributed by atoms with Crippen molar-refractivity contribution in [1.82, 2.24) is 0 Å². The average Bonchev–Trinajstić information content (AvgIpc) is 2.32. The zero-order valence-corrected chi connectivity index (χ0v) is 12.5. The van der Waals surface area contributed by atoms with Crippen LogP contribution >= 0.6 is 11.8 Å².